The van der Waals surface area contributed by atoms with E-state index in [0.29, 0.717) is 6.10 Å². The van der Waals surface area contributed by atoms with Crippen molar-refractivity contribution in [3.8, 4) is 5.75 Å². The Balaban J connectivity index is 1.85. The second kappa shape index (κ2) is 5.05. The molecule has 1 N–H and O–H groups in total. The number of hydrogen-bond donors (Lipinski definition) is 1. The van der Waals surface area contributed by atoms with Gasteiger partial charge in [0.15, 0.2) is 0 Å². The number of ether oxygens (including phenoxy) is 1. The fourth-order valence-electron chi connectivity index (χ4n) is 2.21. The predicted molar refractivity (Wildman–Crippen MR) is 74.2 cm³/mol. The van der Waals surface area contributed by atoms with E-state index in [1.807, 2.05) is 43.3 Å². The third-order valence-corrected chi connectivity index (χ3v) is 3.33. The molecule has 0 spiro atoms. The normalized spacial score (nSPS) is 16.3. The summed E-state index contributed by atoms with van der Waals surface area (Å²) in [5.74, 6) is 0.955. The molecule has 2 aromatic rings. The van der Waals surface area contributed by atoms with Gasteiger partial charge >= 0.3 is 0 Å². The van der Waals surface area contributed by atoms with Crippen LogP contribution in [0.25, 0.3) is 0 Å². The van der Waals surface area contributed by atoms with Gasteiger partial charge in [-0.25, -0.2) is 4.98 Å². The third kappa shape index (κ3) is 2.79. The van der Waals surface area contributed by atoms with Crippen molar-refractivity contribution in [1.29, 1.82) is 0 Å². The molecule has 0 amide bonds. The number of aryl methyl sites for hydroxylation is 1. The monoisotopic (exact) mass is 257 g/mol. The molecule has 0 saturated heterocycles. The molecule has 19 heavy (non-hydrogen) atoms. The number of rotatable bonds is 5. The molecule has 0 bridgehead atoms. The topological polar surface area (TPSA) is 39.1 Å². The Morgan fingerprint density at radius 2 is 2.26 bits per heavy atom. The van der Waals surface area contributed by atoms with Gasteiger partial charge in [0.25, 0.3) is 0 Å². The van der Waals surface area contributed by atoms with Crippen molar-refractivity contribution in [2.24, 2.45) is 7.05 Å². The summed E-state index contributed by atoms with van der Waals surface area (Å²) in [5.41, 5.74) is 2.20. The van der Waals surface area contributed by atoms with Crippen LogP contribution in [0.2, 0.25) is 0 Å². The fraction of sp³-hybridized carbons (Fsp3) is 0.400. The Hall–Kier alpha value is -1.81. The number of nitrogens with one attached hydrogen (secondary N) is 1. The highest BCUT2D eigenvalue weighted by atomic mass is 16.5. The lowest BCUT2D eigenvalue weighted by atomic mass is 10.0. The standard InChI is InChI=1S/C15H19N3O/c1-16-15(14-9-18(2)10-17-14)11-4-3-5-13(8-11)19-12-6-7-12/h3-5,8-10,12,15-16H,6-7H2,1-2H3. The Kier molecular flexibility index (Phi) is 3.25. The SMILES string of the molecule is CNC(c1cccc(OC2CC2)c1)c1cn(C)cn1. The van der Waals surface area contributed by atoms with Gasteiger partial charge in [0.2, 0.25) is 0 Å². The maximum atomic E-state index is 5.85. The Morgan fingerprint density at radius 1 is 1.42 bits per heavy atom. The number of nitrogens with zero attached hydrogens (tertiary/aromatic N) is 2. The first-order chi connectivity index (χ1) is 9.26. The van der Waals surface area contributed by atoms with Crippen LogP contribution >= 0.6 is 0 Å². The van der Waals surface area contributed by atoms with E-state index in [2.05, 4.69) is 22.4 Å². The van der Waals surface area contributed by atoms with E-state index in [1.165, 1.54) is 18.4 Å². The van der Waals surface area contributed by atoms with Crippen LogP contribution in [0.4, 0.5) is 0 Å². The summed E-state index contributed by atoms with van der Waals surface area (Å²) in [6, 6.07) is 8.38. The summed E-state index contributed by atoms with van der Waals surface area (Å²) in [4.78, 5) is 4.43. The molecule has 1 saturated carbocycles. The van der Waals surface area contributed by atoms with Gasteiger partial charge in [0, 0.05) is 13.2 Å². The van der Waals surface area contributed by atoms with Gasteiger partial charge in [-0.15, -0.1) is 0 Å². The summed E-state index contributed by atoms with van der Waals surface area (Å²) in [5, 5.41) is 3.31. The van der Waals surface area contributed by atoms with Gasteiger partial charge in [-0.3, -0.25) is 0 Å². The first-order valence-electron chi connectivity index (χ1n) is 6.68. The van der Waals surface area contributed by atoms with Crippen LogP contribution in [0.1, 0.15) is 30.1 Å². The molecule has 0 aliphatic heterocycles. The zero-order valence-corrected chi connectivity index (χ0v) is 11.3. The molecule has 1 heterocycles. The van der Waals surface area contributed by atoms with E-state index < -0.39 is 0 Å². The maximum absolute atomic E-state index is 5.85. The number of hydrogen-bond acceptors (Lipinski definition) is 3. The lowest BCUT2D eigenvalue weighted by Gasteiger charge is -2.15. The van der Waals surface area contributed by atoms with E-state index in [1.54, 1.807) is 0 Å². The molecule has 4 heteroatoms. The number of benzene rings is 1. The summed E-state index contributed by atoms with van der Waals surface area (Å²) in [7, 11) is 3.93. The minimum atomic E-state index is 0.101. The zero-order valence-electron chi connectivity index (χ0n) is 11.3. The molecule has 0 radical (unpaired) electrons. The van der Waals surface area contributed by atoms with Crippen LogP contribution < -0.4 is 10.1 Å². The molecule has 1 fully saturated rings. The minimum Gasteiger partial charge on any atom is -0.490 e. The second-order valence-corrected chi connectivity index (χ2v) is 5.08. The Morgan fingerprint density at radius 3 is 2.89 bits per heavy atom. The molecule has 100 valence electrons. The second-order valence-electron chi connectivity index (χ2n) is 5.08. The highest BCUT2D eigenvalue weighted by molar-refractivity contribution is 5.34. The molecule has 1 aromatic carbocycles. The van der Waals surface area contributed by atoms with Crippen molar-refractivity contribution in [3.63, 3.8) is 0 Å². The van der Waals surface area contributed by atoms with Crippen LogP contribution in [0, 0.1) is 0 Å². The van der Waals surface area contributed by atoms with Crippen molar-refractivity contribution in [2.45, 2.75) is 25.0 Å². The van der Waals surface area contributed by atoms with Crippen LogP contribution in [0.5, 0.6) is 5.75 Å². The highest BCUT2D eigenvalue weighted by Crippen LogP contribution is 2.29. The molecule has 1 aliphatic carbocycles. The summed E-state index contributed by atoms with van der Waals surface area (Å²) in [6.45, 7) is 0. The van der Waals surface area contributed by atoms with Gasteiger partial charge < -0.3 is 14.6 Å². The molecule has 4 nitrogen and oxygen atoms in total. The van der Waals surface area contributed by atoms with E-state index in [-0.39, 0.29) is 6.04 Å². The summed E-state index contributed by atoms with van der Waals surface area (Å²) in [6.07, 6.45) is 6.65. The van der Waals surface area contributed by atoms with E-state index in [9.17, 15) is 0 Å². The summed E-state index contributed by atoms with van der Waals surface area (Å²) < 4.78 is 7.81. The van der Waals surface area contributed by atoms with Gasteiger partial charge in [0.05, 0.1) is 24.2 Å². The predicted octanol–water partition coefficient (Wildman–Crippen LogP) is 2.27. The Bertz CT molecular complexity index is 560. The number of imidazole rings is 1. The van der Waals surface area contributed by atoms with Crippen molar-refractivity contribution < 1.29 is 4.74 Å². The van der Waals surface area contributed by atoms with Crippen molar-refractivity contribution >= 4 is 0 Å². The molecule has 1 unspecified atom stereocenters. The zero-order chi connectivity index (χ0) is 13.2. The van der Waals surface area contributed by atoms with E-state index in [0.717, 1.165) is 11.4 Å². The molecular weight excluding hydrogens is 238 g/mol. The largest absolute Gasteiger partial charge is 0.490 e. The lowest BCUT2D eigenvalue weighted by molar-refractivity contribution is 0.302. The van der Waals surface area contributed by atoms with Gasteiger partial charge in [-0.05, 0) is 37.6 Å². The van der Waals surface area contributed by atoms with E-state index >= 15 is 0 Å². The molecule has 3 rings (SSSR count). The maximum Gasteiger partial charge on any atom is 0.120 e. The van der Waals surface area contributed by atoms with Gasteiger partial charge in [-0.1, -0.05) is 12.1 Å². The average molecular weight is 257 g/mol. The van der Waals surface area contributed by atoms with Crippen LogP contribution in [-0.2, 0) is 7.05 Å². The first-order valence-corrected chi connectivity index (χ1v) is 6.68. The van der Waals surface area contributed by atoms with Crippen LogP contribution in [0.3, 0.4) is 0 Å². The van der Waals surface area contributed by atoms with Crippen molar-refractivity contribution in [2.75, 3.05) is 7.05 Å². The molecular formula is C15H19N3O. The first kappa shape index (κ1) is 12.2. The molecule has 1 aromatic heterocycles. The fourth-order valence-corrected chi connectivity index (χ4v) is 2.21. The smallest absolute Gasteiger partial charge is 0.120 e. The molecule has 1 aliphatic rings. The minimum absolute atomic E-state index is 0.101. The van der Waals surface area contributed by atoms with Crippen molar-refractivity contribution in [3.05, 3.63) is 48.0 Å². The summed E-state index contributed by atoms with van der Waals surface area (Å²) >= 11 is 0. The van der Waals surface area contributed by atoms with Crippen molar-refractivity contribution in [1.82, 2.24) is 14.9 Å². The molecule has 1 atom stereocenters. The average Bonchev–Trinajstić information content (AvgIpc) is 3.12. The van der Waals surface area contributed by atoms with Gasteiger partial charge in [-0.2, -0.15) is 0 Å². The quantitative estimate of drug-likeness (QED) is 0.893. The number of aromatic nitrogens is 2. The third-order valence-electron chi connectivity index (χ3n) is 3.33. The van der Waals surface area contributed by atoms with Crippen LogP contribution in [0.15, 0.2) is 36.8 Å². The highest BCUT2D eigenvalue weighted by Gasteiger charge is 2.24. The Labute approximate surface area is 113 Å². The van der Waals surface area contributed by atoms with E-state index in [4.69, 9.17) is 4.74 Å². The van der Waals surface area contributed by atoms with Crippen LogP contribution in [-0.4, -0.2) is 22.7 Å². The van der Waals surface area contributed by atoms with Gasteiger partial charge in [0.1, 0.15) is 5.75 Å². The lowest BCUT2D eigenvalue weighted by Crippen LogP contribution is -2.18.